The van der Waals surface area contributed by atoms with Crippen LogP contribution in [-0.4, -0.2) is 44.1 Å². The number of carbonyl (C=O) groups excluding carboxylic acids is 1. The summed E-state index contributed by atoms with van der Waals surface area (Å²) in [6.07, 6.45) is 0. The summed E-state index contributed by atoms with van der Waals surface area (Å²) in [5, 5.41) is 2.72. The maximum atomic E-state index is 11.4. The Kier molecular flexibility index (Phi) is 4.55. The lowest BCUT2D eigenvalue weighted by molar-refractivity contribution is -0.141. The van der Waals surface area contributed by atoms with Gasteiger partial charge in [-0.3, -0.25) is 9.69 Å². The van der Waals surface area contributed by atoms with Gasteiger partial charge in [0, 0.05) is 23.1 Å². The van der Waals surface area contributed by atoms with Crippen LogP contribution < -0.4 is 4.74 Å². The Balaban J connectivity index is 1.87. The predicted octanol–water partition coefficient (Wildman–Crippen LogP) is 3.07. The average Bonchev–Trinajstić information content (AvgIpc) is 3.01. The predicted molar refractivity (Wildman–Crippen MR) is 89.3 cm³/mol. The third kappa shape index (κ3) is 2.91. The molecule has 1 aliphatic heterocycles. The molecule has 116 valence electrons. The van der Waals surface area contributed by atoms with Crippen LogP contribution >= 0.6 is 11.8 Å². The van der Waals surface area contributed by atoms with Crippen LogP contribution in [0.1, 0.15) is 10.8 Å². The largest absolute Gasteiger partial charge is 0.496 e. The Bertz CT molecular complexity index is 689. The van der Waals surface area contributed by atoms with Crippen LogP contribution in [0.25, 0.3) is 10.8 Å². The van der Waals surface area contributed by atoms with Gasteiger partial charge in [-0.25, -0.2) is 0 Å². The van der Waals surface area contributed by atoms with Gasteiger partial charge in [0.1, 0.15) is 5.75 Å². The zero-order chi connectivity index (χ0) is 15.5. The Morgan fingerprint density at radius 3 is 2.73 bits per heavy atom. The van der Waals surface area contributed by atoms with Crippen molar-refractivity contribution in [3.05, 3.63) is 42.0 Å². The van der Waals surface area contributed by atoms with Crippen molar-refractivity contribution < 1.29 is 14.3 Å². The summed E-state index contributed by atoms with van der Waals surface area (Å²) >= 11 is 1.86. The summed E-state index contributed by atoms with van der Waals surface area (Å²) in [4.78, 5) is 13.5. The number of fused-ring (bicyclic) bond motifs is 1. The highest BCUT2D eigenvalue weighted by atomic mass is 32.2. The van der Waals surface area contributed by atoms with Crippen molar-refractivity contribution in [1.82, 2.24) is 4.90 Å². The number of ether oxygens (including phenoxy) is 2. The lowest BCUT2D eigenvalue weighted by Gasteiger charge is -2.16. The van der Waals surface area contributed by atoms with Gasteiger partial charge in [0.05, 0.1) is 20.8 Å². The molecule has 0 N–H and O–H groups in total. The molecule has 0 aliphatic carbocycles. The molecule has 22 heavy (non-hydrogen) atoms. The van der Waals surface area contributed by atoms with E-state index in [2.05, 4.69) is 29.2 Å². The molecule has 1 unspecified atom stereocenters. The first-order chi connectivity index (χ1) is 10.7. The fourth-order valence-electron chi connectivity index (χ4n) is 2.83. The number of hydrogen-bond donors (Lipinski definition) is 0. The van der Waals surface area contributed by atoms with Gasteiger partial charge in [-0.15, -0.1) is 11.8 Å². The van der Waals surface area contributed by atoms with E-state index in [0.29, 0.717) is 11.8 Å². The van der Waals surface area contributed by atoms with Gasteiger partial charge in [-0.05, 0) is 17.0 Å². The molecule has 2 aromatic carbocycles. The van der Waals surface area contributed by atoms with Crippen molar-refractivity contribution in [2.45, 2.75) is 5.25 Å². The van der Waals surface area contributed by atoms with Crippen LogP contribution in [0.15, 0.2) is 36.4 Å². The Labute approximate surface area is 134 Å². The molecular formula is C17H19NO3S. The van der Waals surface area contributed by atoms with E-state index in [1.54, 1.807) is 7.11 Å². The second-order valence-electron chi connectivity index (χ2n) is 5.27. The minimum absolute atomic E-state index is 0.180. The number of hydrogen-bond acceptors (Lipinski definition) is 5. The number of benzene rings is 2. The fraction of sp³-hybridized carbons (Fsp3) is 0.353. The summed E-state index contributed by atoms with van der Waals surface area (Å²) in [7, 11) is 3.13. The zero-order valence-corrected chi connectivity index (χ0v) is 13.6. The minimum atomic E-state index is -0.180. The summed E-state index contributed by atoms with van der Waals surface area (Å²) < 4.78 is 10.2. The third-order valence-corrected chi connectivity index (χ3v) is 5.27. The molecule has 0 saturated carbocycles. The molecule has 1 atom stereocenters. The van der Waals surface area contributed by atoms with Gasteiger partial charge >= 0.3 is 5.97 Å². The monoisotopic (exact) mass is 317 g/mol. The Morgan fingerprint density at radius 2 is 2.00 bits per heavy atom. The molecule has 0 amide bonds. The van der Waals surface area contributed by atoms with Gasteiger partial charge in [0.2, 0.25) is 0 Å². The molecule has 1 fully saturated rings. The van der Waals surface area contributed by atoms with E-state index in [1.165, 1.54) is 18.1 Å². The van der Waals surface area contributed by atoms with Crippen molar-refractivity contribution in [2.75, 3.05) is 33.2 Å². The van der Waals surface area contributed by atoms with E-state index >= 15 is 0 Å². The Hall–Kier alpha value is -1.72. The lowest BCUT2D eigenvalue weighted by Crippen LogP contribution is -2.28. The van der Waals surface area contributed by atoms with Gasteiger partial charge in [0.15, 0.2) is 0 Å². The molecule has 0 spiro atoms. The fourth-order valence-corrected chi connectivity index (χ4v) is 4.12. The number of carbonyl (C=O) groups is 1. The van der Waals surface area contributed by atoms with Crippen LogP contribution in [0.3, 0.4) is 0 Å². The molecule has 4 nitrogen and oxygen atoms in total. The van der Waals surface area contributed by atoms with Gasteiger partial charge in [-0.2, -0.15) is 0 Å². The number of nitrogens with zero attached hydrogens (tertiary/aromatic N) is 1. The van der Waals surface area contributed by atoms with Crippen molar-refractivity contribution in [3.63, 3.8) is 0 Å². The van der Waals surface area contributed by atoms with Gasteiger partial charge in [-0.1, -0.05) is 30.3 Å². The maximum absolute atomic E-state index is 11.4. The number of rotatable bonds is 4. The second-order valence-corrected chi connectivity index (χ2v) is 6.44. The molecule has 3 rings (SSSR count). The van der Waals surface area contributed by atoms with Crippen LogP contribution in [0.2, 0.25) is 0 Å². The molecule has 0 bridgehead atoms. The number of methoxy groups -OCH3 is 2. The van der Waals surface area contributed by atoms with Crippen molar-refractivity contribution in [2.24, 2.45) is 0 Å². The van der Waals surface area contributed by atoms with Gasteiger partial charge in [0.25, 0.3) is 0 Å². The van der Waals surface area contributed by atoms with Crippen LogP contribution in [-0.2, 0) is 9.53 Å². The first-order valence-electron chi connectivity index (χ1n) is 7.19. The minimum Gasteiger partial charge on any atom is -0.496 e. The van der Waals surface area contributed by atoms with Crippen molar-refractivity contribution >= 4 is 28.5 Å². The van der Waals surface area contributed by atoms with E-state index in [-0.39, 0.29) is 5.97 Å². The number of thioether (sulfide) groups is 1. The van der Waals surface area contributed by atoms with E-state index < -0.39 is 0 Å². The van der Waals surface area contributed by atoms with Crippen LogP contribution in [0.5, 0.6) is 5.75 Å². The van der Waals surface area contributed by atoms with Crippen LogP contribution in [0.4, 0.5) is 0 Å². The topological polar surface area (TPSA) is 38.8 Å². The molecule has 1 aliphatic rings. The van der Waals surface area contributed by atoms with E-state index in [9.17, 15) is 4.79 Å². The standard InChI is InChI=1S/C17H19NO3S/c1-20-15-8-7-14(12-5-3-4-6-13(12)15)16-9-18(11-22-16)10-17(19)21-2/h3-8,16H,9-11H2,1-2H3. The highest BCUT2D eigenvalue weighted by Gasteiger charge is 2.27. The van der Waals surface area contributed by atoms with Gasteiger partial charge < -0.3 is 9.47 Å². The van der Waals surface area contributed by atoms with E-state index in [1.807, 2.05) is 23.9 Å². The molecule has 0 aromatic heterocycles. The maximum Gasteiger partial charge on any atom is 0.319 e. The molecule has 1 heterocycles. The summed E-state index contributed by atoms with van der Waals surface area (Å²) in [6, 6.07) is 12.5. The highest BCUT2D eigenvalue weighted by Crippen LogP contribution is 2.41. The first kappa shape index (κ1) is 15.2. The van der Waals surface area contributed by atoms with E-state index in [4.69, 9.17) is 9.47 Å². The Morgan fingerprint density at radius 1 is 1.23 bits per heavy atom. The first-order valence-corrected chi connectivity index (χ1v) is 8.24. The quantitative estimate of drug-likeness (QED) is 0.810. The van der Waals surface area contributed by atoms with Crippen molar-refractivity contribution in [3.8, 4) is 5.75 Å². The van der Waals surface area contributed by atoms with E-state index in [0.717, 1.165) is 23.6 Å². The third-order valence-electron chi connectivity index (χ3n) is 3.95. The average molecular weight is 317 g/mol. The zero-order valence-electron chi connectivity index (χ0n) is 12.7. The number of esters is 1. The van der Waals surface area contributed by atoms with Crippen molar-refractivity contribution in [1.29, 1.82) is 0 Å². The highest BCUT2D eigenvalue weighted by molar-refractivity contribution is 7.99. The molecule has 5 heteroatoms. The summed E-state index contributed by atoms with van der Waals surface area (Å²) in [6.45, 7) is 1.21. The molecular weight excluding hydrogens is 298 g/mol. The lowest BCUT2D eigenvalue weighted by atomic mass is 10.0. The smallest absolute Gasteiger partial charge is 0.319 e. The molecule has 2 aromatic rings. The summed E-state index contributed by atoms with van der Waals surface area (Å²) in [5.41, 5.74) is 1.30. The molecule has 1 saturated heterocycles. The molecule has 0 radical (unpaired) electrons. The normalized spacial score (nSPS) is 18.5. The van der Waals surface area contributed by atoms with Crippen LogP contribution in [0, 0.1) is 0 Å². The SMILES string of the molecule is COC(=O)CN1CSC(c2ccc(OC)c3ccccc23)C1. The summed E-state index contributed by atoms with van der Waals surface area (Å²) in [5.74, 6) is 1.56. The second kappa shape index (κ2) is 6.58.